The molecule has 2 amide bonds. The van der Waals surface area contributed by atoms with Gasteiger partial charge in [-0.15, -0.1) is 0 Å². The van der Waals surface area contributed by atoms with Crippen LogP contribution < -0.4 is 10.6 Å². The molecule has 0 saturated carbocycles. The molecule has 2 N–H and O–H groups in total. The van der Waals surface area contributed by atoms with Gasteiger partial charge in [0.05, 0.1) is 0 Å². The number of benzene rings is 1. The number of nitrogens with one attached hydrogen (secondary N) is 2. The Morgan fingerprint density at radius 3 is 2.38 bits per heavy atom. The molecule has 1 aromatic rings. The van der Waals surface area contributed by atoms with E-state index in [1.807, 2.05) is 20.8 Å². The lowest BCUT2D eigenvalue weighted by Crippen LogP contribution is -2.49. The molecule has 0 aliphatic rings. The van der Waals surface area contributed by atoms with Gasteiger partial charge in [-0.2, -0.15) is 0 Å². The third-order valence-corrected chi connectivity index (χ3v) is 3.17. The van der Waals surface area contributed by atoms with Crippen molar-refractivity contribution in [3.05, 3.63) is 35.1 Å². The summed E-state index contributed by atoms with van der Waals surface area (Å²) < 4.78 is 13.2. The zero-order valence-corrected chi connectivity index (χ0v) is 13.9. The van der Waals surface area contributed by atoms with Gasteiger partial charge in [0.2, 0.25) is 0 Å². The van der Waals surface area contributed by atoms with Crippen LogP contribution in [0.2, 0.25) is 0 Å². The van der Waals surface area contributed by atoms with E-state index in [2.05, 4.69) is 31.4 Å². The fourth-order valence-corrected chi connectivity index (χ4v) is 2.73. The van der Waals surface area contributed by atoms with Crippen LogP contribution >= 0.6 is 0 Å². The monoisotopic (exact) mass is 294 g/mol. The maximum Gasteiger partial charge on any atom is 0.315 e. The molecule has 0 radical (unpaired) electrons. The standard InChI is InChI=1S/C17H27FN2O/c1-12-7-8-14(18)9-13(12)10-19-15(21)20-17(5,6)11-16(2,3)4/h7-9H,10-11H2,1-6H3,(H2,19,20,21). The van der Waals surface area contributed by atoms with Gasteiger partial charge in [-0.3, -0.25) is 0 Å². The largest absolute Gasteiger partial charge is 0.334 e. The van der Waals surface area contributed by atoms with Gasteiger partial charge in [0, 0.05) is 12.1 Å². The van der Waals surface area contributed by atoms with E-state index >= 15 is 0 Å². The normalized spacial score (nSPS) is 12.1. The Kier molecular flexibility index (Phi) is 5.37. The summed E-state index contributed by atoms with van der Waals surface area (Å²) in [5, 5.41) is 5.77. The van der Waals surface area contributed by atoms with E-state index in [4.69, 9.17) is 0 Å². The quantitative estimate of drug-likeness (QED) is 0.860. The summed E-state index contributed by atoms with van der Waals surface area (Å²) in [5.74, 6) is -0.286. The average molecular weight is 294 g/mol. The van der Waals surface area contributed by atoms with Gasteiger partial charge in [-0.05, 0) is 55.9 Å². The zero-order chi connectivity index (χ0) is 16.3. The first kappa shape index (κ1) is 17.5. The van der Waals surface area contributed by atoms with Gasteiger partial charge in [-0.1, -0.05) is 26.8 Å². The van der Waals surface area contributed by atoms with Gasteiger partial charge in [0.25, 0.3) is 0 Å². The Labute approximate surface area is 127 Å². The molecule has 21 heavy (non-hydrogen) atoms. The van der Waals surface area contributed by atoms with E-state index in [0.717, 1.165) is 17.5 Å². The van der Waals surface area contributed by atoms with Crippen LogP contribution in [-0.2, 0) is 6.54 Å². The first-order valence-electron chi connectivity index (χ1n) is 7.30. The molecule has 4 heteroatoms. The van der Waals surface area contributed by atoms with Gasteiger partial charge in [-0.25, -0.2) is 9.18 Å². The van der Waals surface area contributed by atoms with E-state index in [9.17, 15) is 9.18 Å². The molecule has 0 aliphatic carbocycles. The number of rotatable bonds is 4. The summed E-state index contributed by atoms with van der Waals surface area (Å²) in [6.07, 6.45) is 0.867. The Morgan fingerprint density at radius 1 is 1.19 bits per heavy atom. The molecule has 0 aromatic heterocycles. The minimum absolute atomic E-state index is 0.135. The first-order chi connectivity index (χ1) is 9.48. The van der Waals surface area contributed by atoms with Crippen LogP contribution in [0.15, 0.2) is 18.2 Å². The van der Waals surface area contributed by atoms with Gasteiger partial charge in [0.1, 0.15) is 5.82 Å². The number of urea groups is 1. The van der Waals surface area contributed by atoms with Crippen molar-refractivity contribution in [2.45, 2.75) is 60.0 Å². The van der Waals surface area contributed by atoms with E-state index in [-0.39, 0.29) is 22.8 Å². The fraction of sp³-hybridized carbons (Fsp3) is 0.588. The van der Waals surface area contributed by atoms with Crippen LogP contribution in [0.4, 0.5) is 9.18 Å². The first-order valence-corrected chi connectivity index (χ1v) is 7.30. The van der Waals surface area contributed by atoms with Crippen LogP contribution in [0, 0.1) is 18.2 Å². The summed E-state index contributed by atoms with van der Waals surface area (Å²) in [6.45, 7) is 12.7. The lowest BCUT2D eigenvalue weighted by atomic mass is 9.82. The van der Waals surface area contributed by atoms with E-state index in [1.165, 1.54) is 12.1 Å². The van der Waals surface area contributed by atoms with Crippen molar-refractivity contribution in [1.82, 2.24) is 10.6 Å². The average Bonchev–Trinajstić information content (AvgIpc) is 2.26. The molecule has 118 valence electrons. The highest BCUT2D eigenvalue weighted by atomic mass is 19.1. The van der Waals surface area contributed by atoms with Gasteiger partial charge < -0.3 is 10.6 Å². The molecule has 1 aromatic carbocycles. The maximum atomic E-state index is 13.2. The molecule has 0 bridgehead atoms. The number of amides is 2. The second-order valence-electron chi connectivity index (χ2n) is 7.50. The van der Waals surface area contributed by atoms with Crippen LogP contribution in [0.25, 0.3) is 0 Å². The second kappa shape index (κ2) is 6.46. The topological polar surface area (TPSA) is 41.1 Å². The summed E-state index contributed by atoms with van der Waals surface area (Å²) >= 11 is 0. The minimum Gasteiger partial charge on any atom is -0.334 e. The zero-order valence-electron chi connectivity index (χ0n) is 13.9. The van der Waals surface area contributed by atoms with Crippen molar-refractivity contribution in [3.63, 3.8) is 0 Å². The van der Waals surface area contributed by atoms with E-state index in [0.29, 0.717) is 6.54 Å². The predicted octanol–water partition coefficient (Wildman–Crippen LogP) is 4.15. The summed E-state index contributed by atoms with van der Waals surface area (Å²) in [4.78, 5) is 12.0. The van der Waals surface area contributed by atoms with Crippen molar-refractivity contribution in [1.29, 1.82) is 0 Å². The van der Waals surface area contributed by atoms with Crippen molar-refractivity contribution in [2.24, 2.45) is 5.41 Å². The Hall–Kier alpha value is -1.58. The van der Waals surface area contributed by atoms with Crippen LogP contribution in [0.1, 0.15) is 52.2 Å². The highest BCUT2D eigenvalue weighted by molar-refractivity contribution is 5.74. The van der Waals surface area contributed by atoms with Crippen LogP contribution in [-0.4, -0.2) is 11.6 Å². The number of halogens is 1. The third-order valence-electron chi connectivity index (χ3n) is 3.17. The molecule has 0 spiro atoms. The summed E-state index contributed by atoms with van der Waals surface area (Å²) in [5.41, 5.74) is 1.60. The summed E-state index contributed by atoms with van der Waals surface area (Å²) in [6, 6.07) is 4.36. The number of hydrogen-bond donors (Lipinski definition) is 2. The highest BCUT2D eigenvalue weighted by Crippen LogP contribution is 2.26. The molecule has 0 aliphatic heterocycles. The van der Waals surface area contributed by atoms with Gasteiger partial charge in [0.15, 0.2) is 0 Å². The third kappa shape index (κ3) is 6.61. The Morgan fingerprint density at radius 2 is 1.81 bits per heavy atom. The molecular weight excluding hydrogens is 267 g/mol. The Bertz CT molecular complexity index is 504. The SMILES string of the molecule is Cc1ccc(F)cc1CNC(=O)NC(C)(C)CC(C)(C)C. The number of aryl methyl sites for hydroxylation is 1. The molecule has 1 rings (SSSR count). The van der Waals surface area contributed by atoms with Crippen LogP contribution in [0.5, 0.6) is 0 Å². The summed E-state index contributed by atoms with van der Waals surface area (Å²) in [7, 11) is 0. The highest BCUT2D eigenvalue weighted by Gasteiger charge is 2.26. The lowest BCUT2D eigenvalue weighted by molar-refractivity contribution is 0.210. The van der Waals surface area contributed by atoms with Crippen molar-refractivity contribution in [2.75, 3.05) is 0 Å². The molecular formula is C17H27FN2O. The van der Waals surface area contributed by atoms with E-state index < -0.39 is 0 Å². The maximum absolute atomic E-state index is 13.2. The van der Waals surface area contributed by atoms with Crippen molar-refractivity contribution in [3.8, 4) is 0 Å². The lowest BCUT2D eigenvalue weighted by Gasteiger charge is -2.33. The molecule has 0 unspecified atom stereocenters. The second-order valence-corrected chi connectivity index (χ2v) is 7.50. The molecule has 0 saturated heterocycles. The van der Waals surface area contributed by atoms with Crippen LogP contribution in [0.3, 0.4) is 0 Å². The van der Waals surface area contributed by atoms with Crippen molar-refractivity contribution < 1.29 is 9.18 Å². The van der Waals surface area contributed by atoms with E-state index in [1.54, 1.807) is 6.07 Å². The Balaban J connectivity index is 2.56. The fourth-order valence-electron chi connectivity index (χ4n) is 2.73. The molecule has 0 heterocycles. The minimum atomic E-state index is -0.292. The van der Waals surface area contributed by atoms with Gasteiger partial charge >= 0.3 is 6.03 Å². The van der Waals surface area contributed by atoms with Crippen molar-refractivity contribution >= 4 is 6.03 Å². The molecule has 0 fully saturated rings. The molecule has 0 atom stereocenters. The number of carbonyl (C=O) groups is 1. The number of carbonyl (C=O) groups excluding carboxylic acids is 1. The molecule has 3 nitrogen and oxygen atoms in total. The predicted molar refractivity (Wildman–Crippen MR) is 84.7 cm³/mol. The smallest absolute Gasteiger partial charge is 0.315 e. The number of hydrogen-bond acceptors (Lipinski definition) is 1.